The van der Waals surface area contributed by atoms with Gasteiger partial charge in [0.2, 0.25) is 0 Å². The van der Waals surface area contributed by atoms with Crippen molar-refractivity contribution in [3.63, 3.8) is 0 Å². The van der Waals surface area contributed by atoms with Crippen LogP contribution in [0, 0.1) is 13.8 Å². The van der Waals surface area contributed by atoms with Gasteiger partial charge in [0.05, 0.1) is 5.69 Å². The Bertz CT molecular complexity index is 328. The van der Waals surface area contributed by atoms with Gasteiger partial charge >= 0.3 is 0 Å². The molecular formula is C13H25N3. The fourth-order valence-corrected chi connectivity index (χ4v) is 2.33. The molecule has 1 atom stereocenters. The van der Waals surface area contributed by atoms with Crippen molar-refractivity contribution in [3.05, 3.63) is 17.0 Å². The van der Waals surface area contributed by atoms with Crippen LogP contribution < -0.4 is 5.32 Å². The van der Waals surface area contributed by atoms with Crippen molar-refractivity contribution in [3.8, 4) is 0 Å². The molecule has 1 N–H and O–H groups in total. The summed E-state index contributed by atoms with van der Waals surface area (Å²) < 4.78 is 1.98. The van der Waals surface area contributed by atoms with Crippen LogP contribution in [0.4, 0.5) is 0 Å². The average molecular weight is 223 g/mol. The average Bonchev–Trinajstić information content (AvgIpc) is 2.50. The molecule has 3 heteroatoms. The molecule has 0 fully saturated rings. The van der Waals surface area contributed by atoms with Crippen molar-refractivity contribution >= 4 is 0 Å². The van der Waals surface area contributed by atoms with Gasteiger partial charge in [-0.05, 0) is 27.3 Å². The van der Waals surface area contributed by atoms with E-state index in [1.807, 2.05) is 18.8 Å². The van der Waals surface area contributed by atoms with Crippen LogP contribution in [0.5, 0.6) is 0 Å². The minimum atomic E-state index is 0.459. The molecule has 16 heavy (non-hydrogen) atoms. The van der Waals surface area contributed by atoms with Crippen molar-refractivity contribution in [2.75, 3.05) is 7.05 Å². The van der Waals surface area contributed by atoms with E-state index in [0.29, 0.717) is 6.04 Å². The number of aromatic nitrogens is 2. The Balaban J connectivity index is 2.78. The zero-order valence-electron chi connectivity index (χ0n) is 11.3. The smallest absolute Gasteiger partial charge is 0.0644 e. The van der Waals surface area contributed by atoms with Gasteiger partial charge < -0.3 is 5.32 Å². The number of hydrogen-bond donors (Lipinski definition) is 1. The van der Waals surface area contributed by atoms with Crippen molar-refractivity contribution in [2.24, 2.45) is 7.05 Å². The van der Waals surface area contributed by atoms with E-state index in [1.165, 1.54) is 36.9 Å². The highest BCUT2D eigenvalue weighted by Crippen LogP contribution is 2.25. The molecule has 0 spiro atoms. The number of nitrogens with zero attached hydrogens (tertiary/aromatic N) is 2. The van der Waals surface area contributed by atoms with Crippen LogP contribution in [0.25, 0.3) is 0 Å². The maximum Gasteiger partial charge on any atom is 0.0644 e. The Labute approximate surface area is 99.2 Å². The van der Waals surface area contributed by atoms with Crippen LogP contribution in [-0.4, -0.2) is 16.8 Å². The van der Waals surface area contributed by atoms with E-state index in [2.05, 4.69) is 31.2 Å². The van der Waals surface area contributed by atoms with Gasteiger partial charge in [-0.15, -0.1) is 0 Å². The first-order valence-corrected chi connectivity index (χ1v) is 6.29. The Hall–Kier alpha value is -0.830. The highest BCUT2D eigenvalue weighted by molar-refractivity contribution is 5.28. The molecule has 1 unspecified atom stereocenters. The van der Waals surface area contributed by atoms with E-state index in [1.54, 1.807) is 0 Å². The van der Waals surface area contributed by atoms with Gasteiger partial charge in [0.25, 0.3) is 0 Å². The summed E-state index contributed by atoms with van der Waals surface area (Å²) in [5, 5.41) is 7.90. The Kier molecular flexibility index (Phi) is 5.00. The van der Waals surface area contributed by atoms with E-state index < -0.39 is 0 Å². The van der Waals surface area contributed by atoms with Gasteiger partial charge in [-0.3, -0.25) is 4.68 Å². The van der Waals surface area contributed by atoms with Crippen molar-refractivity contribution in [2.45, 2.75) is 52.5 Å². The predicted molar refractivity (Wildman–Crippen MR) is 68.6 cm³/mol. The van der Waals surface area contributed by atoms with Crippen LogP contribution in [0.1, 0.15) is 55.6 Å². The van der Waals surface area contributed by atoms with E-state index >= 15 is 0 Å². The summed E-state index contributed by atoms with van der Waals surface area (Å²) in [7, 11) is 4.06. The second-order valence-corrected chi connectivity index (χ2v) is 4.55. The first-order valence-electron chi connectivity index (χ1n) is 6.29. The summed E-state index contributed by atoms with van der Waals surface area (Å²) in [5.41, 5.74) is 3.84. The number of nitrogens with one attached hydrogen (secondary N) is 1. The molecular weight excluding hydrogens is 198 g/mol. The van der Waals surface area contributed by atoms with Gasteiger partial charge in [0.1, 0.15) is 0 Å². The standard InChI is InChI=1S/C13H25N3/c1-6-7-8-9-12(14-4)13-10(2)15-16(5)11(13)3/h12,14H,6-9H2,1-5H3. The number of unbranched alkanes of at least 4 members (excludes halogenated alkanes) is 2. The van der Waals surface area contributed by atoms with Crippen molar-refractivity contribution in [1.29, 1.82) is 0 Å². The molecule has 1 rings (SSSR count). The van der Waals surface area contributed by atoms with Gasteiger partial charge in [-0.2, -0.15) is 5.10 Å². The zero-order valence-corrected chi connectivity index (χ0v) is 11.3. The second kappa shape index (κ2) is 6.04. The SMILES string of the molecule is CCCCCC(NC)c1c(C)nn(C)c1C. The van der Waals surface area contributed by atoms with Gasteiger partial charge in [-0.1, -0.05) is 26.2 Å². The fraction of sp³-hybridized carbons (Fsp3) is 0.769. The van der Waals surface area contributed by atoms with Gasteiger partial charge in [0, 0.05) is 24.3 Å². The number of hydrogen-bond acceptors (Lipinski definition) is 2. The monoisotopic (exact) mass is 223 g/mol. The van der Waals surface area contributed by atoms with E-state index in [4.69, 9.17) is 0 Å². The van der Waals surface area contributed by atoms with Crippen LogP contribution >= 0.6 is 0 Å². The maximum atomic E-state index is 4.48. The summed E-state index contributed by atoms with van der Waals surface area (Å²) in [5.74, 6) is 0. The third kappa shape index (κ3) is 2.85. The van der Waals surface area contributed by atoms with Crippen LogP contribution in [-0.2, 0) is 7.05 Å². The topological polar surface area (TPSA) is 29.9 Å². The normalized spacial score (nSPS) is 13.1. The third-order valence-electron chi connectivity index (χ3n) is 3.36. The molecule has 0 aliphatic carbocycles. The summed E-state index contributed by atoms with van der Waals surface area (Å²) in [6.07, 6.45) is 5.09. The number of rotatable bonds is 6. The van der Waals surface area contributed by atoms with E-state index in [-0.39, 0.29) is 0 Å². The highest BCUT2D eigenvalue weighted by atomic mass is 15.3. The fourth-order valence-electron chi connectivity index (χ4n) is 2.33. The van der Waals surface area contributed by atoms with Crippen LogP contribution in [0.15, 0.2) is 0 Å². The second-order valence-electron chi connectivity index (χ2n) is 4.55. The molecule has 0 aromatic carbocycles. The molecule has 0 aliphatic rings. The molecule has 0 saturated heterocycles. The third-order valence-corrected chi connectivity index (χ3v) is 3.36. The molecule has 0 saturated carbocycles. The van der Waals surface area contributed by atoms with Crippen molar-refractivity contribution in [1.82, 2.24) is 15.1 Å². The molecule has 1 aromatic rings. The van der Waals surface area contributed by atoms with Gasteiger partial charge in [0.15, 0.2) is 0 Å². The minimum absolute atomic E-state index is 0.459. The van der Waals surface area contributed by atoms with E-state index in [0.717, 1.165) is 5.69 Å². The lowest BCUT2D eigenvalue weighted by Crippen LogP contribution is -2.17. The van der Waals surface area contributed by atoms with Gasteiger partial charge in [-0.25, -0.2) is 0 Å². The largest absolute Gasteiger partial charge is 0.313 e. The Morgan fingerprint density at radius 3 is 2.44 bits per heavy atom. The minimum Gasteiger partial charge on any atom is -0.313 e. The molecule has 0 radical (unpaired) electrons. The van der Waals surface area contributed by atoms with Crippen LogP contribution in [0.3, 0.4) is 0 Å². The lowest BCUT2D eigenvalue weighted by Gasteiger charge is -2.16. The van der Waals surface area contributed by atoms with E-state index in [9.17, 15) is 0 Å². The molecule has 1 heterocycles. The molecule has 0 amide bonds. The first kappa shape index (κ1) is 13.2. The zero-order chi connectivity index (χ0) is 12.1. The highest BCUT2D eigenvalue weighted by Gasteiger charge is 2.17. The molecule has 1 aromatic heterocycles. The Morgan fingerprint density at radius 1 is 1.31 bits per heavy atom. The summed E-state index contributed by atoms with van der Waals surface area (Å²) in [6.45, 7) is 6.50. The quantitative estimate of drug-likeness (QED) is 0.752. The van der Waals surface area contributed by atoms with Crippen molar-refractivity contribution < 1.29 is 0 Å². The lowest BCUT2D eigenvalue weighted by molar-refractivity contribution is 0.507. The molecule has 92 valence electrons. The maximum absolute atomic E-state index is 4.48. The summed E-state index contributed by atoms with van der Waals surface area (Å²) >= 11 is 0. The summed E-state index contributed by atoms with van der Waals surface area (Å²) in [4.78, 5) is 0. The molecule has 3 nitrogen and oxygen atoms in total. The lowest BCUT2D eigenvalue weighted by atomic mass is 9.99. The first-order chi connectivity index (χ1) is 7.61. The summed E-state index contributed by atoms with van der Waals surface area (Å²) in [6, 6.07) is 0.459. The number of aryl methyl sites for hydroxylation is 2. The molecule has 0 bridgehead atoms. The van der Waals surface area contributed by atoms with Crippen LogP contribution in [0.2, 0.25) is 0 Å². The Morgan fingerprint density at radius 2 is 2.00 bits per heavy atom. The molecule has 0 aliphatic heterocycles. The predicted octanol–water partition coefficient (Wildman–Crippen LogP) is 2.88.